The van der Waals surface area contributed by atoms with Crippen LogP contribution in [0.1, 0.15) is 17.4 Å². The molecule has 0 aliphatic carbocycles. The molecule has 3 aromatic rings. The van der Waals surface area contributed by atoms with Crippen LogP contribution in [0.2, 0.25) is 0 Å². The largest absolute Gasteiger partial charge is 0.459 e. The van der Waals surface area contributed by atoms with Crippen LogP contribution in [-0.2, 0) is 0 Å². The molecule has 0 aliphatic rings. The van der Waals surface area contributed by atoms with Gasteiger partial charge in [-0.25, -0.2) is 0 Å². The quantitative estimate of drug-likeness (QED) is 0.715. The van der Waals surface area contributed by atoms with Crippen LogP contribution >= 0.6 is 11.8 Å². The second kappa shape index (κ2) is 5.73. The Morgan fingerprint density at radius 3 is 2.65 bits per heavy atom. The molecule has 0 bridgehead atoms. The van der Waals surface area contributed by atoms with Gasteiger partial charge in [0, 0.05) is 16.0 Å². The summed E-state index contributed by atoms with van der Waals surface area (Å²) < 4.78 is 5.81. The van der Waals surface area contributed by atoms with E-state index in [0.717, 1.165) is 22.5 Å². The number of furan rings is 1. The van der Waals surface area contributed by atoms with Gasteiger partial charge in [0.15, 0.2) is 0 Å². The summed E-state index contributed by atoms with van der Waals surface area (Å²) in [7, 11) is 0. The minimum Gasteiger partial charge on any atom is -0.459 e. The summed E-state index contributed by atoms with van der Waals surface area (Å²) in [6.45, 7) is 2.12. The van der Waals surface area contributed by atoms with Crippen molar-refractivity contribution in [3.63, 3.8) is 0 Å². The van der Waals surface area contributed by atoms with Crippen molar-refractivity contribution in [2.75, 3.05) is 5.75 Å². The lowest BCUT2D eigenvalue weighted by Gasteiger charge is -2.09. The standard InChI is InChI=1S/C17H17NOS/c1-12-6-2-5-9-17(12)20-11-14(18)16-10-13-7-3-4-8-15(13)19-16/h2-10,14H,11,18H2,1H3. The Labute approximate surface area is 123 Å². The first-order valence-electron chi connectivity index (χ1n) is 6.66. The van der Waals surface area contributed by atoms with Gasteiger partial charge in [-0.05, 0) is 30.7 Å². The SMILES string of the molecule is Cc1ccccc1SCC(N)c1cc2ccccc2o1. The Hall–Kier alpha value is -1.71. The predicted octanol–water partition coefficient (Wildman–Crippen LogP) is 4.53. The summed E-state index contributed by atoms with van der Waals surface area (Å²) in [4.78, 5) is 1.28. The highest BCUT2D eigenvalue weighted by atomic mass is 32.2. The molecule has 1 unspecified atom stereocenters. The normalized spacial score (nSPS) is 12.7. The highest BCUT2D eigenvalue weighted by Crippen LogP contribution is 2.28. The maximum atomic E-state index is 6.24. The molecule has 2 aromatic carbocycles. The Morgan fingerprint density at radius 2 is 1.85 bits per heavy atom. The molecule has 2 N–H and O–H groups in total. The lowest BCUT2D eigenvalue weighted by Crippen LogP contribution is -2.11. The predicted molar refractivity (Wildman–Crippen MR) is 85.0 cm³/mol. The molecule has 3 heteroatoms. The van der Waals surface area contributed by atoms with Crippen LogP contribution in [0, 0.1) is 6.92 Å². The van der Waals surface area contributed by atoms with E-state index in [1.54, 1.807) is 11.8 Å². The van der Waals surface area contributed by atoms with Gasteiger partial charge in [0.2, 0.25) is 0 Å². The van der Waals surface area contributed by atoms with Gasteiger partial charge in [0.05, 0.1) is 6.04 Å². The summed E-state index contributed by atoms with van der Waals surface area (Å²) in [6.07, 6.45) is 0. The van der Waals surface area contributed by atoms with Crippen molar-refractivity contribution in [1.82, 2.24) is 0 Å². The first kappa shape index (κ1) is 13.3. The summed E-state index contributed by atoms with van der Waals surface area (Å²) in [5, 5.41) is 1.11. The number of aryl methyl sites for hydroxylation is 1. The van der Waals surface area contributed by atoms with Crippen molar-refractivity contribution >= 4 is 22.7 Å². The minimum atomic E-state index is -0.0907. The highest BCUT2D eigenvalue weighted by molar-refractivity contribution is 7.99. The van der Waals surface area contributed by atoms with Gasteiger partial charge in [-0.3, -0.25) is 0 Å². The van der Waals surface area contributed by atoms with Crippen LogP contribution in [-0.4, -0.2) is 5.75 Å². The average molecular weight is 283 g/mol. The van der Waals surface area contributed by atoms with Crippen molar-refractivity contribution in [3.05, 3.63) is 65.9 Å². The lowest BCUT2D eigenvalue weighted by atomic mass is 10.2. The molecule has 0 saturated heterocycles. The summed E-state index contributed by atoms with van der Waals surface area (Å²) in [5.41, 5.74) is 8.43. The molecule has 0 aliphatic heterocycles. The van der Waals surface area contributed by atoms with Gasteiger partial charge in [-0.2, -0.15) is 0 Å². The van der Waals surface area contributed by atoms with Crippen LogP contribution in [0.15, 0.2) is 63.9 Å². The molecule has 0 fully saturated rings. The topological polar surface area (TPSA) is 39.2 Å². The third-order valence-corrected chi connectivity index (χ3v) is 4.62. The third-order valence-electron chi connectivity index (χ3n) is 3.32. The Balaban J connectivity index is 1.73. The van der Waals surface area contributed by atoms with E-state index in [-0.39, 0.29) is 6.04 Å². The number of thioether (sulfide) groups is 1. The van der Waals surface area contributed by atoms with Crippen LogP contribution in [0.5, 0.6) is 0 Å². The molecule has 0 saturated carbocycles. The van der Waals surface area contributed by atoms with Crippen LogP contribution in [0.25, 0.3) is 11.0 Å². The zero-order valence-corrected chi connectivity index (χ0v) is 12.2. The smallest absolute Gasteiger partial charge is 0.134 e. The number of benzene rings is 2. The number of fused-ring (bicyclic) bond motifs is 1. The molecule has 1 aromatic heterocycles. The van der Waals surface area contributed by atoms with E-state index in [1.165, 1.54) is 10.5 Å². The van der Waals surface area contributed by atoms with Gasteiger partial charge < -0.3 is 10.2 Å². The number of para-hydroxylation sites is 1. The van der Waals surface area contributed by atoms with Crippen molar-refractivity contribution in [3.8, 4) is 0 Å². The third kappa shape index (κ3) is 2.74. The Kier molecular flexibility index (Phi) is 3.81. The highest BCUT2D eigenvalue weighted by Gasteiger charge is 2.12. The number of nitrogens with two attached hydrogens (primary N) is 1. The maximum Gasteiger partial charge on any atom is 0.134 e. The zero-order chi connectivity index (χ0) is 13.9. The molecule has 0 spiro atoms. The van der Waals surface area contributed by atoms with E-state index in [0.29, 0.717) is 0 Å². The molecule has 20 heavy (non-hydrogen) atoms. The fourth-order valence-corrected chi connectivity index (χ4v) is 3.16. The van der Waals surface area contributed by atoms with Gasteiger partial charge in [-0.1, -0.05) is 36.4 Å². The van der Waals surface area contributed by atoms with E-state index in [4.69, 9.17) is 10.2 Å². The van der Waals surface area contributed by atoms with Crippen molar-refractivity contribution < 1.29 is 4.42 Å². The molecule has 1 heterocycles. The summed E-state index contributed by atoms with van der Waals surface area (Å²) in [6, 6.07) is 18.3. The fourth-order valence-electron chi connectivity index (χ4n) is 2.17. The molecular weight excluding hydrogens is 266 g/mol. The van der Waals surface area contributed by atoms with Crippen LogP contribution in [0.3, 0.4) is 0 Å². The summed E-state index contributed by atoms with van der Waals surface area (Å²) >= 11 is 1.77. The van der Waals surface area contributed by atoms with Gasteiger partial charge in [0.25, 0.3) is 0 Å². The molecule has 3 rings (SSSR count). The maximum absolute atomic E-state index is 6.24. The molecule has 0 amide bonds. The fraction of sp³-hybridized carbons (Fsp3) is 0.176. The van der Waals surface area contributed by atoms with Crippen LogP contribution in [0.4, 0.5) is 0 Å². The van der Waals surface area contributed by atoms with Gasteiger partial charge >= 0.3 is 0 Å². The zero-order valence-electron chi connectivity index (χ0n) is 11.4. The molecule has 0 radical (unpaired) electrons. The van der Waals surface area contributed by atoms with E-state index in [9.17, 15) is 0 Å². The van der Waals surface area contributed by atoms with Crippen molar-refractivity contribution in [2.24, 2.45) is 5.73 Å². The molecule has 2 nitrogen and oxygen atoms in total. The first-order chi connectivity index (χ1) is 9.74. The van der Waals surface area contributed by atoms with Crippen LogP contribution < -0.4 is 5.73 Å². The Bertz CT molecular complexity index is 687. The monoisotopic (exact) mass is 283 g/mol. The second-order valence-electron chi connectivity index (χ2n) is 4.87. The lowest BCUT2D eigenvalue weighted by molar-refractivity contribution is 0.516. The number of hydrogen-bond donors (Lipinski definition) is 1. The molecule has 102 valence electrons. The van der Waals surface area contributed by atoms with E-state index in [2.05, 4.69) is 31.2 Å². The van der Waals surface area contributed by atoms with E-state index < -0.39 is 0 Å². The van der Waals surface area contributed by atoms with E-state index in [1.807, 2.05) is 30.3 Å². The minimum absolute atomic E-state index is 0.0907. The van der Waals surface area contributed by atoms with Crippen molar-refractivity contribution in [1.29, 1.82) is 0 Å². The average Bonchev–Trinajstić information content (AvgIpc) is 2.90. The number of hydrogen-bond acceptors (Lipinski definition) is 3. The van der Waals surface area contributed by atoms with E-state index >= 15 is 0 Å². The first-order valence-corrected chi connectivity index (χ1v) is 7.65. The Morgan fingerprint density at radius 1 is 1.10 bits per heavy atom. The second-order valence-corrected chi connectivity index (χ2v) is 5.93. The molecular formula is C17H17NOS. The molecule has 1 atom stereocenters. The summed E-state index contributed by atoms with van der Waals surface area (Å²) in [5.74, 6) is 1.66. The number of rotatable bonds is 4. The van der Waals surface area contributed by atoms with Gasteiger partial charge in [-0.15, -0.1) is 11.8 Å². The van der Waals surface area contributed by atoms with Gasteiger partial charge in [0.1, 0.15) is 11.3 Å². The van der Waals surface area contributed by atoms with Crippen molar-refractivity contribution in [2.45, 2.75) is 17.9 Å².